The largest absolute Gasteiger partial charge is 0.462 e. The van der Waals surface area contributed by atoms with Crippen LogP contribution in [0.1, 0.15) is 11.1 Å². The van der Waals surface area contributed by atoms with Crippen LogP contribution >= 0.6 is 11.6 Å². The van der Waals surface area contributed by atoms with Gasteiger partial charge in [0.15, 0.2) is 5.54 Å². The maximum absolute atomic E-state index is 14.6. The van der Waals surface area contributed by atoms with Crippen molar-refractivity contribution in [2.45, 2.75) is 5.54 Å². The third-order valence-corrected chi connectivity index (χ3v) is 6.49. The molecule has 168 valence electrons. The van der Waals surface area contributed by atoms with Crippen molar-refractivity contribution in [3.8, 4) is 22.8 Å². The quantitative estimate of drug-likeness (QED) is 0.613. The minimum absolute atomic E-state index is 0.0879. The van der Waals surface area contributed by atoms with Crippen LogP contribution in [0.2, 0.25) is 5.02 Å². The summed E-state index contributed by atoms with van der Waals surface area (Å²) in [7, 11) is 0. The Morgan fingerprint density at radius 1 is 1.06 bits per heavy atom. The van der Waals surface area contributed by atoms with Crippen molar-refractivity contribution in [1.82, 2.24) is 4.98 Å². The molecule has 0 bridgehead atoms. The van der Waals surface area contributed by atoms with Gasteiger partial charge in [-0.2, -0.15) is 0 Å². The molecule has 3 aliphatic rings. The summed E-state index contributed by atoms with van der Waals surface area (Å²) in [5.41, 5.74) is 8.51. The normalized spacial score (nSPS) is 21.2. The number of benzene rings is 2. The first-order valence-corrected chi connectivity index (χ1v) is 11.0. The highest BCUT2D eigenvalue weighted by atomic mass is 35.5. The highest BCUT2D eigenvalue weighted by molar-refractivity contribution is 6.30. The molecule has 6 rings (SSSR count). The molecular formula is C24H20ClFN4O3. The van der Waals surface area contributed by atoms with Gasteiger partial charge in [-0.3, -0.25) is 0 Å². The fourth-order valence-electron chi connectivity index (χ4n) is 4.60. The number of halogens is 2. The Bertz CT molecular complexity index is 1290. The van der Waals surface area contributed by atoms with Crippen LogP contribution in [0.25, 0.3) is 11.1 Å². The standard InChI is InChI=1S/C24H20ClFN4O3/c25-15-2-3-20(26)17(10-15)14-1-4-21-18(9-14)24(13-32-23(27)29-24)19-11-16(12-28-22(19)33-21)30-5-7-31-8-6-30/h1-4,9-12H,5-8,13H2,(H2,27,29)/t24-/m0/s1. The van der Waals surface area contributed by atoms with E-state index in [-0.39, 0.29) is 18.4 Å². The molecule has 0 aliphatic carbocycles. The number of aliphatic imine (C=N–C) groups is 1. The number of amidine groups is 1. The zero-order valence-corrected chi connectivity index (χ0v) is 18.3. The third kappa shape index (κ3) is 3.29. The summed E-state index contributed by atoms with van der Waals surface area (Å²) in [4.78, 5) is 11.5. The van der Waals surface area contributed by atoms with E-state index < -0.39 is 5.54 Å². The summed E-state index contributed by atoms with van der Waals surface area (Å²) >= 11 is 6.14. The van der Waals surface area contributed by atoms with E-state index in [4.69, 9.17) is 36.5 Å². The second-order valence-electron chi connectivity index (χ2n) is 8.18. The summed E-state index contributed by atoms with van der Waals surface area (Å²) in [6.45, 7) is 3.04. The number of fused-ring (bicyclic) bond motifs is 4. The fourth-order valence-corrected chi connectivity index (χ4v) is 4.77. The molecule has 33 heavy (non-hydrogen) atoms. The Balaban J connectivity index is 1.51. The van der Waals surface area contributed by atoms with E-state index in [9.17, 15) is 4.39 Å². The van der Waals surface area contributed by atoms with Gasteiger partial charge in [0, 0.05) is 29.2 Å². The van der Waals surface area contributed by atoms with Crippen molar-refractivity contribution in [1.29, 1.82) is 0 Å². The van der Waals surface area contributed by atoms with Crippen molar-refractivity contribution in [3.63, 3.8) is 0 Å². The lowest BCUT2D eigenvalue weighted by molar-refractivity contribution is 0.122. The predicted molar refractivity (Wildman–Crippen MR) is 123 cm³/mol. The van der Waals surface area contributed by atoms with E-state index in [1.807, 2.05) is 12.1 Å². The Kier molecular flexibility index (Phi) is 4.67. The van der Waals surface area contributed by atoms with Gasteiger partial charge in [0.2, 0.25) is 5.88 Å². The number of pyridine rings is 1. The number of nitrogens with zero attached hydrogens (tertiary/aromatic N) is 3. The SMILES string of the molecule is NC1=N[C@@]2(CO1)c1cc(-c3cc(Cl)ccc3F)ccc1Oc1ncc(N3CCOCC3)cc12. The molecule has 1 saturated heterocycles. The third-order valence-electron chi connectivity index (χ3n) is 6.26. The molecule has 7 nitrogen and oxygen atoms in total. The van der Waals surface area contributed by atoms with Gasteiger partial charge < -0.3 is 24.8 Å². The smallest absolute Gasteiger partial charge is 0.283 e. The monoisotopic (exact) mass is 466 g/mol. The minimum atomic E-state index is -0.951. The number of anilines is 1. The highest BCUT2D eigenvalue weighted by Gasteiger charge is 2.48. The lowest BCUT2D eigenvalue weighted by Gasteiger charge is -2.35. The van der Waals surface area contributed by atoms with E-state index >= 15 is 0 Å². The number of rotatable bonds is 2. The van der Waals surface area contributed by atoms with Gasteiger partial charge in [-0.1, -0.05) is 17.7 Å². The van der Waals surface area contributed by atoms with Crippen molar-refractivity contribution >= 4 is 23.3 Å². The zero-order chi connectivity index (χ0) is 22.6. The van der Waals surface area contributed by atoms with Gasteiger partial charge in [0.25, 0.3) is 6.02 Å². The predicted octanol–water partition coefficient (Wildman–Crippen LogP) is 4.07. The topological polar surface area (TPSA) is 82.2 Å². The van der Waals surface area contributed by atoms with E-state index in [2.05, 4.69) is 9.88 Å². The summed E-state index contributed by atoms with van der Waals surface area (Å²) < 4.78 is 31.9. The molecule has 0 radical (unpaired) electrons. The van der Waals surface area contributed by atoms with Crippen LogP contribution in [0.3, 0.4) is 0 Å². The number of aromatic nitrogens is 1. The molecule has 0 amide bonds. The molecule has 1 aromatic heterocycles. The number of ether oxygens (including phenoxy) is 3. The maximum atomic E-state index is 14.6. The van der Waals surface area contributed by atoms with Gasteiger partial charge in [0.1, 0.15) is 18.2 Å². The molecule has 3 aliphatic heterocycles. The minimum Gasteiger partial charge on any atom is -0.462 e. The molecule has 3 aromatic rings. The molecule has 1 spiro atoms. The Morgan fingerprint density at radius 3 is 2.70 bits per heavy atom. The fraction of sp³-hybridized carbons (Fsp3) is 0.250. The van der Waals surface area contributed by atoms with Crippen LogP contribution < -0.4 is 15.4 Å². The summed E-state index contributed by atoms with van der Waals surface area (Å²) in [6, 6.07) is 12.0. The molecule has 1 atom stereocenters. The number of hydrogen-bond donors (Lipinski definition) is 1. The molecule has 2 N–H and O–H groups in total. The van der Waals surface area contributed by atoms with Gasteiger partial charge in [-0.15, -0.1) is 0 Å². The van der Waals surface area contributed by atoms with Crippen LogP contribution in [0, 0.1) is 5.82 Å². The second-order valence-corrected chi connectivity index (χ2v) is 8.62. The van der Waals surface area contributed by atoms with E-state index in [0.29, 0.717) is 41.0 Å². The summed E-state index contributed by atoms with van der Waals surface area (Å²) in [6.07, 6.45) is 1.79. The van der Waals surface area contributed by atoms with Gasteiger partial charge in [0.05, 0.1) is 30.7 Å². The van der Waals surface area contributed by atoms with Crippen molar-refractivity contribution in [2.75, 3.05) is 37.8 Å². The van der Waals surface area contributed by atoms with Crippen LogP contribution in [-0.4, -0.2) is 43.9 Å². The molecular weight excluding hydrogens is 447 g/mol. The van der Waals surface area contributed by atoms with Gasteiger partial charge >= 0.3 is 0 Å². The Labute approximate surface area is 194 Å². The molecule has 0 saturated carbocycles. The molecule has 4 heterocycles. The summed E-state index contributed by atoms with van der Waals surface area (Å²) in [5.74, 6) is 0.651. The molecule has 9 heteroatoms. The maximum Gasteiger partial charge on any atom is 0.283 e. The van der Waals surface area contributed by atoms with Crippen LogP contribution in [0.5, 0.6) is 11.6 Å². The number of nitrogens with two attached hydrogens (primary N) is 1. The molecule has 0 unspecified atom stereocenters. The van der Waals surface area contributed by atoms with Gasteiger partial charge in [-0.25, -0.2) is 14.4 Å². The first kappa shape index (κ1) is 20.3. The van der Waals surface area contributed by atoms with E-state index in [1.165, 1.54) is 12.1 Å². The zero-order valence-electron chi connectivity index (χ0n) is 17.6. The second kappa shape index (κ2) is 7.60. The average molecular weight is 467 g/mol. The van der Waals surface area contributed by atoms with Crippen molar-refractivity contribution in [2.24, 2.45) is 10.7 Å². The van der Waals surface area contributed by atoms with Crippen LogP contribution in [-0.2, 0) is 15.0 Å². The molecule has 1 fully saturated rings. The molecule has 2 aromatic carbocycles. The Hall–Kier alpha value is -3.36. The average Bonchev–Trinajstić information content (AvgIpc) is 3.23. The van der Waals surface area contributed by atoms with Crippen molar-refractivity contribution in [3.05, 3.63) is 70.6 Å². The first-order valence-electron chi connectivity index (χ1n) is 10.6. The van der Waals surface area contributed by atoms with Crippen LogP contribution in [0.4, 0.5) is 10.1 Å². The lowest BCUT2D eigenvalue weighted by atomic mass is 9.81. The Morgan fingerprint density at radius 2 is 1.91 bits per heavy atom. The van der Waals surface area contributed by atoms with E-state index in [1.54, 1.807) is 24.4 Å². The number of hydrogen-bond acceptors (Lipinski definition) is 7. The number of morpholine rings is 1. The van der Waals surface area contributed by atoms with Crippen molar-refractivity contribution < 1.29 is 18.6 Å². The van der Waals surface area contributed by atoms with Crippen LogP contribution in [0.15, 0.2) is 53.7 Å². The van der Waals surface area contributed by atoms with Gasteiger partial charge in [-0.05, 0) is 42.0 Å². The highest BCUT2D eigenvalue weighted by Crippen LogP contribution is 2.51. The first-order chi connectivity index (χ1) is 16.0. The van der Waals surface area contributed by atoms with E-state index in [0.717, 1.165) is 29.9 Å². The lowest BCUT2D eigenvalue weighted by Crippen LogP contribution is -2.37. The summed E-state index contributed by atoms with van der Waals surface area (Å²) in [5, 5.41) is 0.450.